The number of ether oxygens (including phenoxy) is 1. The van der Waals surface area contributed by atoms with Gasteiger partial charge in [0.1, 0.15) is 5.75 Å². The summed E-state index contributed by atoms with van der Waals surface area (Å²) in [4.78, 5) is 0. The van der Waals surface area contributed by atoms with Gasteiger partial charge in [0.25, 0.3) is 0 Å². The number of rotatable bonds is 1. The molecule has 1 aromatic carbocycles. The third-order valence-corrected chi connectivity index (χ3v) is 3.77. The zero-order valence-electron chi connectivity index (χ0n) is 10.6. The Morgan fingerprint density at radius 3 is 3.00 bits per heavy atom. The normalized spacial score (nSPS) is 19.4. The molecule has 0 saturated carbocycles. The summed E-state index contributed by atoms with van der Waals surface area (Å²) >= 11 is 0. The van der Waals surface area contributed by atoms with E-state index in [-0.39, 0.29) is 0 Å². The minimum absolute atomic E-state index is 0.555. The molecule has 1 aromatic heterocycles. The molecule has 2 heterocycles. The molecule has 17 heavy (non-hydrogen) atoms. The van der Waals surface area contributed by atoms with Crippen molar-refractivity contribution in [3.63, 3.8) is 0 Å². The number of fused-ring (bicyclic) bond motifs is 3. The van der Waals surface area contributed by atoms with E-state index in [4.69, 9.17) is 4.74 Å². The molecule has 90 valence electrons. The average molecular weight is 230 g/mol. The molecule has 1 N–H and O–H groups in total. The van der Waals surface area contributed by atoms with Gasteiger partial charge in [-0.15, -0.1) is 0 Å². The zero-order chi connectivity index (χ0) is 12.0. The Bertz CT molecular complexity index is 571. The van der Waals surface area contributed by atoms with E-state index in [0.717, 1.165) is 18.7 Å². The Hall–Kier alpha value is -1.48. The van der Waals surface area contributed by atoms with Crippen molar-refractivity contribution >= 4 is 10.9 Å². The van der Waals surface area contributed by atoms with Gasteiger partial charge in [0, 0.05) is 36.2 Å². The second kappa shape index (κ2) is 3.77. The second-order valence-corrected chi connectivity index (χ2v) is 4.85. The first-order valence-corrected chi connectivity index (χ1v) is 6.08. The molecule has 1 atom stereocenters. The topological polar surface area (TPSA) is 26.2 Å². The van der Waals surface area contributed by atoms with Crippen molar-refractivity contribution in [3.8, 4) is 5.75 Å². The van der Waals surface area contributed by atoms with Crippen LogP contribution >= 0.6 is 0 Å². The van der Waals surface area contributed by atoms with E-state index >= 15 is 0 Å². The summed E-state index contributed by atoms with van der Waals surface area (Å²) < 4.78 is 7.62. The predicted molar refractivity (Wildman–Crippen MR) is 69.5 cm³/mol. The monoisotopic (exact) mass is 230 g/mol. The standard InChI is InChI=1S/C14H18N2O/c1-9-6-11-12-7-10(17-3)4-5-13(12)16(2)14(11)8-15-9/h4-5,7,9,15H,6,8H2,1-3H3. The van der Waals surface area contributed by atoms with E-state index < -0.39 is 0 Å². The fourth-order valence-corrected chi connectivity index (χ4v) is 2.78. The van der Waals surface area contributed by atoms with Gasteiger partial charge < -0.3 is 14.6 Å². The van der Waals surface area contributed by atoms with Crippen LogP contribution in [0.15, 0.2) is 18.2 Å². The lowest BCUT2D eigenvalue weighted by Crippen LogP contribution is -2.33. The Kier molecular flexibility index (Phi) is 2.37. The van der Waals surface area contributed by atoms with E-state index in [1.807, 2.05) is 6.07 Å². The van der Waals surface area contributed by atoms with Gasteiger partial charge in [-0.05, 0) is 37.1 Å². The highest BCUT2D eigenvalue weighted by Gasteiger charge is 2.21. The number of hydrogen-bond acceptors (Lipinski definition) is 2. The van der Waals surface area contributed by atoms with Crippen LogP contribution in [0.4, 0.5) is 0 Å². The molecule has 1 aliphatic heterocycles. The zero-order valence-corrected chi connectivity index (χ0v) is 10.6. The molecule has 3 rings (SSSR count). The highest BCUT2D eigenvalue weighted by atomic mass is 16.5. The molecule has 0 aliphatic carbocycles. The maximum absolute atomic E-state index is 5.32. The third kappa shape index (κ3) is 1.53. The molecular formula is C14H18N2O. The maximum Gasteiger partial charge on any atom is 0.119 e. The average Bonchev–Trinajstić information content (AvgIpc) is 2.62. The number of aryl methyl sites for hydroxylation is 1. The Labute approximate surface area is 101 Å². The largest absolute Gasteiger partial charge is 0.497 e. The lowest BCUT2D eigenvalue weighted by Gasteiger charge is -2.21. The molecule has 0 radical (unpaired) electrons. The van der Waals surface area contributed by atoms with Crippen molar-refractivity contribution in [1.82, 2.24) is 9.88 Å². The number of aromatic nitrogens is 1. The minimum Gasteiger partial charge on any atom is -0.497 e. The summed E-state index contributed by atoms with van der Waals surface area (Å²) in [5.41, 5.74) is 4.19. The van der Waals surface area contributed by atoms with Crippen LogP contribution < -0.4 is 10.1 Å². The van der Waals surface area contributed by atoms with E-state index in [0.29, 0.717) is 6.04 Å². The molecule has 2 aromatic rings. The number of hydrogen-bond donors (Lipinski definition) is 1. The Balaban J connectivity index is 2.27. The highest BCUT2D eigenvalue weighted by molar-refractivity contribution is 5.87. The van der Waals surface area contributed by atoms with Gasteiger partial charge in [0.05, 0.1) is 7.11 Å². The Morgan fingerprint density at radius 2 is 2.24 bits per heavy atom. The first-order chi connectivity index (χ1) is 8.20. The van der Waals surface area contributed by atoms with Crippen molar-refractivity contribution in [3.05, 3.63) is 29.5 Å². The third-order valence-electron chi connectivity index (χ3n) is 3.77. The van der Waals surface area contributed by atoms with Crippen LogP contribution in [0.5, 0.6) is 5.75 Å². The molecule has 0 amide bonds. The molecular weight excluding hydrogens is 212 g/mol. The molecule has 3 heteroatoms. The lowest BCUT2D eigenvalue weighted by molar-refractivity contribution is 0.415. The number of methoxy groups -OCH3 is 1. The number of nitrogens with zero attached hydrogens (tertiary/aromatic N) is 1. The summed E-state index contributed by atoms with van der Waals surface area (Å²) in [6.45, 7) is 3.20. The van der Waals surface area contributed by atoms with Crippen LogP contribution in [-0.4, -0.2) is 17.7 Å². The molecule has 3 nitrogen and oxygen atoms in total. The van der Waals surface area contributed by atoms with Gasteiger partial charge in [-0.3, -0.25) is 0 Å². The van der Waals surface area contributed by atoms with Crippen LogP contribution in [0.25, 0.3) is 10.9 Å². The van der Waals surface area contributed by atoms with Crippen molar-refractivity contribution in [2.75, 3.05) is 7.11 Å². The summed E-state index contributed by atoms with van der Waals surface area (Å²) in [5, 5.41) is 4.86. The smallest absolute Gasteiger partial charge is 0.119 e. The molecule has 1 unspecified atom stereocenters. The predicted octanol–water partition coefficient (Wildman–Crippen LogP) is 2.22. The molecule has 1 aliphatic rings. The SMILES string of the molecule is COc1ccc2c(c1)c1c(n2C)CNC(C)C1. The van der Waals surface area contributed by atoms with Gasteiger partial charge in [-0.2, -0.15) is 0 Å². The van der Waals surface area contributed by atoms with Crippen molar-refractivity contribution in [2.45, 2.75) is 25.9 Å². The summed E-state index contributed by atoms with van der Waals surface area (Å²) in [5.74, 6) is 0.942. The van der Waals surface area contributed by atoms with Crippen molar-refractivity contribution in [1.29, 1.82) is 0 Å². The van der Waals surface area contributed by atoms with Gasteiger partial charge in [0.2, 0.25) is 0 Å². The van der Waals surface area contributed by atoms with Crippen LogP contribution in [0.3, 0.4) is 0 Å². The summed E-state index contributed by atoms with van der Waals surface area (Å²) in [6.07, 6.45) is 1.10. The quantitative estimate of drug-likeness (QED) is 0.813. The van der Waals surface area contributed by atoms with Gasteiger partial charge >= 0.3 is 0 Å². The van der Waals surface area contributed by atoms with Gasteiger partial charge in [-0.25, -0.2) is 0 Å². The maximum atomic E-state index is 5.32. The van der Waals surface area contributed by atoms with Crippen LogP contribution in [0, 0.1) is 0 Å². The van der Waals surface area contributed by atoms with E-state index in [9.17, 15) is 0 Å². The second-order valence-electron chi connectivity index (χ2n) is 4.85. The number of benzene rings is 1. The molecule has 0 bridgehead atoms. The molecule has 0 saturated heterocycles. The van der Waals surface area contributed by atoms with Gasteiger partial charge in [0.15, 0.2) is 0 Å². The first-order valence-electron chi connectivity index (χ1n) is 6.08. The van der Waals surface area contributed by atoms with E-state index in [1.54, 1.807) is 7.11 Å². The summed E-state index contributed by atoms with van der Waals surface area (Å²) in [6, 6.07) is 6.90. The van der Waals surface area contributed by atoms with E-state index in [2.05, 4.69) is 36.0 Å². The minimum atomic E-state index is 0.555. The fourth-order valence-electron chi connectivity index (χ4n) is 2.78. The van der Waals surface area contributed by atoms with E-state index in [1.165, 1.54) is 22.2 Å². The highest BCUT2D eigenvalue weighted by Crippen LogP contribution is 2.31. The number of nitrogens with one attached hydrogen (secondary N) is 1. The van der Waals surface area contributed by atoms with Crippen LogP contribution in [0.1, 0.15) is 18.2 Å². The van der Waals surface area contributed by atoms with Crippen molar-refractivity contribution < 1.29 is 4.74 Å². The van der Waals surface area contributed by atoms with Crippen LogP contribution in [0.2, 0.25) is 0 Å². The first kappa shape index (κ1) is 10.7. The lowest BCUT2D eigenvalue weighted by atomic mass is 9.99. The Morgan fingerprint density at radius 1 is 1.41 bits per heavy atom. The molecule has 0 spiro atoms. The van der Waals surface area contributed by atoms with Gasteiger partial charge in [-0.1, -0.05) is 0 Å². The molecule has 0 fully saturated rings. The summed E-state index contributed by atoms with van der Waals surface area (Å²) in [7, 11) is 3.87. The fraction of sp³-hybridized carbons (Fsp3) is 0.429. The van der Waals surface area contributed by atoms with Crippen LogP contribution in [-0.2, 0) is 20.0 Å². The van der Waals surface area contributed by atoms with Crippen molar-refractivity contribution in [2.24, 2.45) is 7.05 Å².